The summed E-state index contributed by atoms with van der Waals surface area (Å²) in [6, 6.07) is 0. The molecule has 0 aromatic heterocycles. The molecule has 0 fully saturated rings. The van der Waals surface area contributed by atoms with Gasteiger partial charge in [-0.05, 0) is 0 Å². The van der Waals surface area contributed by atoms with E-state index < -0.39 is 9.05 Å². The molecule has 0 unspecified atom stereocenters. The van der Waals surface area contributed by atoms with E-state index in [4.69, 9.17) is 19.2 Å². The van der Waals surface area contributed by atoms with Crippen LogP contribution in [0.3, 0.4) is 0 Å². The monoisotopic (exact) mass is 176 g/mol. The maximum atomic E-state index is 7.33. The molecule has 0 spiro atoms. The van der Waals surface area contributed by atoms with E-state index in [1.54, 1.807) is 0 Å². The van der Waals surface area contributed by atoms with Crippen molar-refractivity contribution < 1.29 is 51.9 Å². The molecule has 0 aliphatic rings. The quantitative estimate of drug-likeness (QED) is 0.295. The van der Waals surface area contributed by atoms with Crippen LogP contribution in [0.4, 0.5) is 0 Å². The molecule has 0 aliphatic carbocycles. The first-order chi connectivity index (χ1) is 2.00. The zero-order valence-electron chi connectivity index (χ0n) is 3.61. The summed E-state index contributed by atoms with van der Waals surface area (Å²) >= 11 is 0. The molecule has 0 heterocycles. The zero-order chi connectivity index (χ0) is 4.50. The van der Waals surface area contributed by atoms with Crippen LogP contribution in [0.1, 0.15) is 0 Å². The van der Waals surface area contributed by atoms with Gasteiger partial charge in [-0.15, -0.1) is 0 Å². The fraction of sp³-hybridized carbons (Fsp3) is 0. The van der Waals surface area contributed by atoms with Crippen LogP contribution in [-0.4, -0.2) is 28.2 Å². The summed E-state index contributed by atoms with van der Waals surface area (Å²) in [4.78, 5) is 29.3. The molecule has 6 nitrogen and oxygen atoms in total. The van der Waals surface area contributed by atoms with E-state index in [1.807, 2.05) is 0 Å². The van der Waals surface area contributed by atoms with E-state index in [1.165, 1.54) is 0 Å². The molecule has 8 heavy (non-hydrogen) atoms. The fourth-order valence-corrected chi connectivity index (χ4v) is 0. The second-order valence-electron chi connectivity index (χ2n) is 0.600. The molecule has 0 amide bonds. The predicted octanol–water partition coefficient (Wildman–Crippen LogP) is -2.85. The third-order valence-electron chi connectivity index (χ3n) is 0. The van der Waals surface area contributed by atoms with Crippen molar-refractivity contribution in [1.29, 1.82) is 0 Å². The molecule has 48 valence electrons. The minimum absolute atomic E-state index is 0. The third-order valence-corrected chi connectivity index (χ3v) is 0. The van der Waals surface area contributed by atoms with Crippen molar-refractivity contribution in [1.82, 2.24) is 0 Å². The van der Waals surface area contributed by atoms with E-state index >= 15 is 0 Å². The average molecular weight is 176 g/mol. The summed E-state index contributed by atoms with van der Waals surface area (Å²) in [5.41, 5.74) is 0. The smallest absolute Gasteiger partial charge is 2.00 e. The van der Waals surface area contributed by atoms with Crippen LogP contribution in [-0.2, 0) is 32.7 Å². The van der Waals surface area contributed by atoms with Crippen molar-refractivity contribution in [2.75, 3.05) is 0 Å². The summed E-state index contributed by atoms with van der Waals surface area (Å²) in [7, 11) is -4.61. The van der Waals surface area contributed by atoms with Gasteiger partial charge in [0.1, 0.15) is 0 Å². The number of hydrogen-bond acceptors (Lipinski definition) is 4. The van der Waals surface area contributed by atoms with Gasteiger partial charge >= 0.3 is 30.8 Å². The van der Waals surface area contributed by atoms with Gasteiger partial charge in [-0.3, -0.25) is 0 Å². The van der Waals surface area contributed by atoms with Crippen molar-refractivity contribution in [2.24, 2.45) is 0 Å². The molecule has 0 bridgehead atoms. The molecule has 4 N–H and O–H groups in total. The standard InChI is InChI=1S/H4O4Si.2O.Ti/c1-5(2,3)4;;;/h1-4H;;;/q;2*-2;+4. The normalized spacial score (nSPS) is 7.50. The fourth-order valence-electron chi connectivity index (χ4n) is 0. The summed E-state index contributed by atoms with van der Waals surface area (Å²) in [5, 5.41) is 0. The first kappa shape index (κ1) is 23.4. The molecular formula is H4O6SiTi. The van der Waals surface area contributed by atoms with E-state index in [-0.39, 0.29) is 32.7 Å². The molecule has 8 heteroatoms. The maximum absolute atomic E-state index is 7.33. The molecule has 0 radical (unpaired) electrons. The molecule has 0 aromatic rings. The molecule has 0 saturated heterocycles. The molecule has 0 aromatic carbocycles. The van der Waals surface area contributed by atoms with Crippen LogP contribution < -0.4 is 0 Å². The van der Waals surface area contributed by atoms with E-state index in [0.29, 0.717) is 0 Å². The Labute approximate surface area is 61.4 Å². The van der Waals surface area contributed by atoms with Gasteiger partial charge in [0.2, 0.25) is 0 Å². The van der Waals surface area contributed by atoms with Gasteiger partial charge in [0.05, 0.1) is 0 Å². The van der Waals surface area contributed by atoms with Gasteiger partial charge in [-0.1, -0.05) is 0 Å². The Morgan fingerprint density at radius 3 is 0.750 bits per heavy atom. The Morgan fingerprint density at radius 2 is 0.750 bits per heavy atom. The Hall–Kier alpha value is 0.691. The van der Waals surface area contributed by atoms with Crippen LogP contribution in [0.2, 0.25) is 0 Å². The topological polar surface area (TPSA) is 138 Å². The Balaban J connectivity index is -0.0000000267. The second kappa shape index (κ2) is 7.69. The molecule has 0 rings (SSSR count). The summed E-state index contributed by atoms with van der Waals surface area (Å²) < 4.78 is 0. The van der Waals surface area contributed by atoms with E-state index in [2.05, 4.69) is 0 Å². The number of hydrogen-bond donors (Lipinski definition) is 4. The van der Waals surface area contributed by atoms with E-state index in [0.717, 1.165) is 0 Å². The first-order valence-corrected chi connectivity index (χ1v) is 2.68. The van der Waals surface area contributed by atoms with E-state index in [9.17, 15) is 0 Å². The van der Waals surface area contributed by atoms with Crippen LogP contribution in [0, 0.1) is 0 Å². The van der Waals surface area contributed by atoms with Crippen LogP contribution in [0.5, 0.6) is 0 Å². The minimum atomic E-state index is -4.61. The van der Waals surface area contributed by atoms with Crippen LogP contribution in [0.25, 0.3) is 0 Å². The van der Waals surface area contributed by atoms with Gasteiger partial charge in [-0.2, -0.15) is 0 Å². The maximum Gasteiger partial charge on any atom is 4.00 e. The Morgan fingerprint density at radius 1 is 0.750 bits per heavy atom. The average Bonchev–Trinajstić information content (AvgIpc) is 0.722. The minimum Gasteiger partial charge on any atom is -2.00 e. The molecular weight excluding hydrogens is 172 g/mol. The van der Waals surface area contributed by atoms with Gasteiger partial charge in [0.15, 0.2) is 0 Å². The summed E-state index contributed by atoms with van der Waals surface area (Å²) in [5.74, 6) is 0. The Bertz CT molecular complexity index is 24.0. The van der Waals surface area contributed by atoms with Crippen molar-refractivity contribution in [3.8, 4) is 0 Å². The first-order valence-electron chi connectivity index (χ1n) is 0.894. The summed E-state index contributed by atoms with van der Waals surface area (Å²) in [6.45, 7) is 0. The summed E-state index contributed by atoms with van der Waals surface area (Å²) in [6.07, 6.45) is 0. The molecule has 0 saturated carbocycles. The van der Waals surface area contributed by atoms with Crippen LogP contribution in [0.15, 0.2) is 0 Å². The number of rotatable bonds is 0. The van der Waals surface area contributed by atoms with Gasteiger partial charge in [0.25, 0.3) is 0 Å². The third kappa shape index (κ3) is 454. The second-order valence-corrected chi connectivity index (χ2v) is 1.80. The Kier molecular flexibility index (Phi) is 22.5. The van der Waals surface area contributed by atoms with Crippen molar-refractivity contribution >= 4 is 9.05 Å². The zero-order valence-corrected chi connectivity index (χ0v) is 6.17. The van der Waals surface area contributed by atoms with Gasteiger partial charge in [-0.25, -0.2) is 0 Å². The largest absolute Gasteiger partial charge is 4.00 e. The predicted molar refractivity (Wildman–Crippen MR) is 16.0 cm³/mol. The molecule has 0 atom stereocenters. The van der Waals surface area contributed by atoms with Crippen LogP contribution >= 0.6 is 0 Å². The van der Waals surface area contributed by atoms with Gasteiger partial charge in [0, 0.05) is 0 Å². The van der Waals surface area contributed by atoms with Crippen molar-refractivity contribution in [2.45, 2.75) is 0 Å². The SMILES string of the molecule is O[Si](O)(O)O.[O-2].[O-2].[Ti+4]. The van der Waals surface area contributed by atoms with Crippen molar-refractivity contribution in [3.05, 3.63) is 0 Å². The van der Waals surface area contributed by atoms with Gasteiger partial charge < -0.3 is 30.1 Å². The molecule has 0 aliphatic heterocycles. The van der Waals surface area contributed by atoms with Crippen molar-refractivity contribution in [3.63, 3.8) is 0 Å².